The number of furan rings is 1. The molecule has 148 valence electrons. The Balaban J connectivity index is 1.62. The van der Waals surface area contributed by atoms with E-state index >= 15 is 0 Å². The number of anilines is 1. The van der Waals surface area contributed by atoms with Gasteiger partial charge in [0.25, 0.3) is 0 Å². The smallest absolute Gasteiger partial charge is 0.244 e. The second-order valence-corrected chi connectivity index (χ2v) is 8.42. The summed E-state index contributed by atoms with van der Waals surface area (Å²) in [5.41, 5.74) is 0.863. The molecule has 0 aliphatic rings. The Morgan fingerprint density at radius 1 is 1.03 bits per heavy atom. The summed E-state index contributed by atoms with van der Waals surface area (Å²) in [5, 5.41) is 8.69. The molecule has 29 heavy (non-hydrogen) atoms. The van der Waals surface area contributed by atoms with Gasteiger partial charge in [-0.15, -0.1) is 10.2 Å². The minimum absolute atomic E-state index is 0.0335. The average Bonchev–Trinajstić information content (AvgIpc) is 3.38. The maximum Gasteiger partial charge on any atom is 0.244 e. The summed E-state index contributed by atoms with van der Waals surface area (Å²) in [5.74, 6) is 1.14. The summed E-state index contributed by atoms with van der Waals surface area (Å²) in [4.78, 5) is 4.28. The van der Waals surface area contributed by atoms with E-state index in [0.29, 0.717) is 28.8 Å². The number of nitrogens with zero attached hydrogens (tertiary/aromatic N) is 4. The molecule has 3 heterocycles. The molecule has 0 atom stereocenters. The second-order valence-electron chi connectivity index (χ2n) is 6.15. The second kappa shape index (κ2) is 8.06. The molecule has 0 radical (unpaired) electrons. The third kappa shape index (κ3) is 4.47. The molecular formula is C19H16ClN5O3S. The quantitative estimate of drug-likeness (QED) is 0.481. The van der Waals surface area contributed by atoms with E-state index in [1.54, 1.807) is 60.8 Å². The SMILES string of the molecule is O=S(=O)(CCc1ccc(Cl)cc1)Nc1nnc(-c2ccco2)n1-c1ccccn1. The number of rotatable bonds is 7. The van der Waals surface area contributed by atoms with Gasteiger partial charge in [-0.2, -0.15) is 0 Å². The molecule has 0 aliphatic heterocycles. The van der Waals surface area contributed by atoms with Crippen LogP contribution in [0.4, 0.5) is 5.95 Å². The van der Waals surface area contributed by atoms with Crippen molar-refractivity contribution >= 4 is 27.6 Å². The molecule has 1 N–H and O–H groups in total. The van der Waals surface area contributed by atoms with Crippen molar-refractivity contribution in [2.45, 2.75) is 6.42 Å². The summed E-state index contributed by atoms with van der Waals surface area (Å²) in [6.45, 7) is 0. The van der Waals surface area contributed by atoms with Crippen LogP contribution < -0.4 is 4.72 Å². The van der Waals surface area contributed by atoms with E-state index < -0.39 is 10.0 Å². The molecule has 0 unspecified atom stereocenters. The predicted octanol–water partition coefficient (Wildman–Crippen LogP) is 3.56. The topological polar surface area (TPSA) is 103 Å². The zero-order valence-corrected chi connectivity index (χ0v) is 16.6. The number of halogens is 1. The van der Waals surface area contributed by atoms with Gasteiger partial charge in [-0.25, -0.2) is 18.0 Å². The summed E-state index contributed by atoms with van der Waals surface area (Å²) < 4.78 is 34.7. The van der Waals surface area contributed by atoms with Crippen LogP contribution in [0.1, 0.15) is 5.56 Å². The minimum atomic E-state index is -3.69. The Morgan fingerprint density at radius 2 is 1.86 bits per heavy atom. The van der Waals surface area contributed by atoms with Gasteiger partial charge in [0.1, 0.15) is 5.82 Å². The molecular weight excluding hydrogens is 414 g/mol. The standard InChI is InChI=1S/C19H16ClN5O3S/c20-15-8-6-14(7-9-15)10-13-29(26,27)24-19-23-22-18(16-4-3-12-28-16)25(19)17-5-1-2-11-21-17/h1-9,11-12H,10,13H2,(H,23,24). The van der Waals surface area contributed by atoms with Gasteiger partial charge in [-0.3, -0.25) is 4.72 Å². The molecule has 0 bridgehead atoms. The van der Waals surface area contributed by atoms with Gasteiger partial charge >= 0.3 is 0 Å². The van der Waals surface area contributed by atoms with Crippen LogP contribution in [0.15, 0.2) is 71.5 Å². The van der Waals surface area contributed by atoms with E-state index in [4.69, 9.17) is 16.0 Å². The zero-order valence-electron chi connectivity index (χ0n) is 15.1. The van der Waals surface area contributed by atoms with E-state index in [9.17, 15) is 8.42 Å². The summed E-state index contributed by atoms with van der Waals surface area (Å²) in [6, 6.07) is 15.7. The van der Waals surface area contributed by atoms with Crippen molar-refractivity contribution in [1.29, 1.82) is 0 Å². The fourth-order valence-electron chi connectivity index (χ4n) is 2.71. The van der Waals surface area contributed by atoms with Crippen LogP contribution in [0, 0.1) is 0 Å². The summed E-state index contributed by atoms with van der Waals surface area (Å²) >= 11 is 5.87. The van der Waals surface area contributed by atoms with E-state index in [2.05, 4.69) is 19.9 Å². The first-order chi connectivity index (χ1) is 14.0. The van der Waals surface area contributed by atoms with Crippen LogP contribution in [-0.4, -0.2) is 33.9 Å². The summed E-state index contributed by atoms with van der Waals surface area (Å²) in [7, 11) is -3.69. The maximum absolute atomic E-state index is 12.7. The van der Waals surface area contributed by atoms with Crippen molar-refractivity contribution in [2.24, 2.45) is 0 Å². The molecule has 1 aromatic carbocycles. The van der Waals surface area contributed by atoms with E-state index in [1.165, 1.54) is 10.8 Å². The molecule has 0 saturated carbocycles. The number of aromatic nitrogens is 4. The number of pyridine rings is 1. The van der Waals surface area contributed by atoms with Crippen molar-refractivity contribution in [3.8, 4) is 17.4 Å². The van der Waals surface area contributed by atoms with Gasteiger partial charge < -0.3 is 4.42 Å². The van der Waals surface area contributed by atoms with E-state index in [-0.39, 0.29) is 11.7 Å². The summed E-state index contributed by atoms with van der Waals surface area (Å²) in [6.07, 6.45) is 3.43. The normalized spacial score (nSPS) is 11.5. The van der Waals surface area contributed by atoms with Gasteiger partial charge in [0.15, 0.2) is 5.76 Å². The number of benzene rings is 1. The number of aryl methyl sites for hydroxylation is 1. The lowest BCUT2D eigenvalue weighted by atomic mass is 10.2. The highest BCUT2D eigenvalue weighted by molar-refractivity contribution is 7.92. The molecule has 0 amide bonds. The Hall–Kier alpha value is -3.17. The molecule has 8 nitrogen and oxygen atoms in total. The zero-order chi connectivity index (χ0) is 20.3. The fourth-order valence-corrected chi connectivity index (χ4v) is 3.85. The van der Waals surface area contributed by atoms with Gasteiger partial charge in [-0.05, 0) is 48.4 Å². The highest BCUT2D eigenvalue weighted by Gasteiger charge is 2.22. The van der Waals surface area contributed by atoms with Gasteiger partial charge in [0.05, 0.1) is 12.0 Å². The first-order valence-corrected chi connectivity index (χ1v) is 10.7. The first kappa shape index (κ1) is 19.2. The molecule has 4 rings (SSSR count). The number of hydrogen-bond acceptors (Lipinski definition) is 6. The van der Waals surface area contributed by atoms with Crippen LogP contribution >= 0.6 is 11.6 Å². The molecule has 0 saturated heterocycles. The van der Waals surface area contributed by atoms with Gasteiger partial charge in [0.2, 0.25) is 21.8 Å². The highest BCUT2D eigenvalue weighted by Crippen LogP contribution is 2.25. The van der Waals surface area contributed by atoms with Crippen LogP contribution in [0.3, 0.4) is 0 Å². The Kier molecular flexibility index (Phi) is 5.32. The minimum Gasteiger partial charge on any atom is -0.461 e. The lowest BCUT2D eigenvalue weighted by molar-refractivity contribution is 0.575. The lowest BCUT2D eigenvalue weighted by Gasteiger charge is -2.10. The molecule has 0 spiro atoms. The molecule has 4 aromatic rings. The Labute approximate surface area is 172 Å². The molecule has 3 aromatic heterocycles. The first-order valence-electron chi connectivity index (χ1n) is 8.67. The highest BCUT2D eigenvalue weighted by atomic mass is 35.5. The maximum atomic E-state index is 12.7. The molecule has 0 fully saturated rings. The number of sulfonamides is 1. The third-order valence-corrected chi connectivity index (χ3v) is 5.59. The van der Waals surface area contributed by atoms with Crippen LogP contribution in [-0.2, 0) is 16.4 Å². The van der Waals surface area contributed by atoms with Gasteiger partial charge in [-0.1, -0.05) is 29.8 Å². The lowest BCUT2D eigenvalue weighted by Crippen LogP contribution is -2.21. The molecule has 0 aliphatic carbocycles. The Bertz CT molecular complexity index is 1190. The van der Waals surface area contributed by atoms with Crippen molar-refractivity contribution in [1.82, 2.24) is 19.7 Å². The van der Waals surface area contributed by atoms with Crippen LogP contribution in [0.25, 0.3) is 17.4 Å². The molecule has 10 heteroatoms. The third-order valence-electron chi connectivity index (χ3n) is 4.10. The number of nitrogens with one attached hydrogen (secondary N) is 1. The van der Waals surface area contributed by atoms with E-state index in [1.807, 2.05) is 0 Å². The monoisotopic (exact) mass is 429 g/mol. The van der Waals surface area contributed by atoms with Crippen molar-refractivity contribution in [3.05, 3.63) is 77.6 Å². The van der Waals surface area contributed by atoms with E-state index in [0.717, 1.165) is 5.56 Å². The largest absolute Gasteiger partial charge is 0.461 e. The average molecular weight is 430 g/mol. The van der Waals surface area contributed by atoms with Crippen molar-refractivity contribution < 1.29 is 12.8 Å². The van der Waals surface area contributed by atoms with Crippen LogP contribution in [0.5, 0.6) is 0 Å². The van der Waals surface area contributed by atoms with Crippen LogP contribution in [0.2, 0.25) is 5.02 Å². The Morgan fingerprint density at radius 3 is 2.55 bits per heavy atom. The van der Waals surface area contributed by atoms with Gasteiger partial charge in [0, 0.05) is 11.2 Å². The fraction of sp³-hybridized carbons (Fsp3) is 0.105. The predicted molar refractivity (Wildman–Crippen MR) is 109 cm³/mol. The van der Waals surface area contributed by atoms with Crippen molar-refractivity contribution in [3.63, 3.8) is 0 Å². The van der Waals surface area contributed by atoms with Crippen molar-refractivity contribution in [2.75, 3.05) is 10.5 Å². The number of hydrogen-bond donors (Lipinski definition) is 1.